The summed E-state index contributed by atoms with van der Waals surface area (Å²) in [5.74, 6) is 0.253. The number of benzene rings is 2. The number of para-hydroxylation sites is 2. The van der Waals surface area contributed by atoms with Gasteiger partial charge in [0.25, 0.3) is 0 Å². The van der Waals surface area contributed by atoms with Crippen LogP contribution in [0, 0.1) is 5.82 Å². The average Bonchev–Trinajstić information content (AvgIpc) is 2.99. The summed E-state index contributed by atoms with van der Waals surface area (Å²) >= 11 is 0. The fourth-order valence-electron chi connectivity index (χ4n) is 2.88. The predicted octanol–water partition coefficient (Wildman–Crippen LogP) is 4.07. The molecule has 0 fully saturated rings. The van der Waals surface area contributed by atoms with Crippen molar-refractivity contribution in [2.24, 2.45) is 4.99 Å². The van der Waals surface area contributed by atoms with E-state index in [1.807, 2.05) is 48.5 Å². The molecule has 0 amide bonds. The van der Waals surface area contributed by atoms with Crippen LogP contribution in [-0.4, -0.2) is 19.5 Å². The molecule has 0 aliphatic carbocycles. The molecule has 116 valence electrons. The number of fused-ring (bicyclic) bond motifs is 3. The highest BCUT2D eigenvalue weighted by atomic mass is 19.1. The zero-order valence-electron chi connectivity index (χ0n) is 12.7. The fraction of sp³-hybridized carbons (Fsp3) is 0.167. The van der Waals surface area contributed by atoms with Crippen molar-refractivity contribution < 1.29 is 9.13 Å². The molecule has 2 aliphatic heterocycles. The van der Waals surface area contributed by atoms with Gasteiger partial charge in [0.15, 0.2) is 5.82 Å². The summed E-state index contributed by atoms with van der Waals surface area (Å²) in [5, 5.41) is 0. The SMILES string of the molecule is CCOc1ccc(N2C=C3C=Nc4ccccc4N3C2)c(F)c1. The Hall–Kier alpha value is -2.82. The zero-order chi connectivity index (χ0) is 15.8. The van der Waals surface area contributed by atoms with Gasteiger partial charge in [-0.1, -0.05) is 12.1 Å². The highest BCUT2D eigenvalue weighted by Gasteiger charge is 2.27. The molecule has 0 radical (unpaired) electrons. The minimum absolute atomic E-state index is 0.294. The molecular weight excluding hydrogens is 293 g/mol. The third-order valence-corrected chi connectivity index (χ3v) is 3.94. The molecule has 2 aliphatic rings. The van der Waals surface area contributed by atoms with E-state index in [2.05, 4.69) is 9.89 Å². The van der Waals surface area contributed by atoms with Crippen LogP contribution in [0.4, 0.5) is 21.5 Å². The summed E-state index contributed by atoms with van der Waals surface area (Å²) in [6.07, 6.45) is 3.73. The van der Waals surface area contributed by atoms with Gasteiger partial charge in [-0.2, -0.15) is 0 Å². The Kier molecular flexibility index (Phi) is 3.26. The van der Waals surface area contributed by atoms with E-state index < -0.39 is 0 Å². The van der Waals surface area contributed by atoms with Crippen LogP contribution in [0.1, 0.15) is 6.92 Å². The minimum Gasteiger partial charge on any atom is -0.494 e. The molecule has 0 bridgehead atoms. The first-order valence-electron chi connectivity index (χ1n) is 7.57. The number of nitrogens with zero attached hydrogens (tertiary/aromatic N) is 3. The van der Waals surface area contributed by atoms with Crippen LogP contribution >= 0.6 is 0 Å². The highest BCUT2D eigenvalue weighted by Crippen LogP contribution is 2.38. The number of hydrogen-bond acceptors (Lipinski definition) is 4. The standard InChI is InChI=1S/C18H16FN3O/c1-2-23-14-7-8-17(15(19)9-14)21-11-13-10-20-16-5-3-4-6-18(16)22(13)12-21/h3-11H,2,12H2,1H3. The number of hydrogen-bond donors (Lipinski definition) is 0. The third-order valence-electron chi connectivity index (χ3n) is 3.94. The Labute approximate surface area is 134 Å². The average molecular weight is 309 g/mol. The Morgan fingerprint density at radius 2 is 2.04 bits per heavy atom. The molecule has 2 heterocycles. The predicted molar refractivity (Wildman–Crippen MR) is 90.1 cm³/mol. The lowest BCUT2D eigenvalue weighted by atomic mass is 10.2. The van der Waals surface area contributed by atoms with Crippen molar-refractivity contribution in [2.45, 2.75) is 6.92 Å². The summed E-state index contributed by atoms with van der Waals surface area (Å²) < 4.78 is 19.7. The van der Waals surface area contributed by atoms with Gasteiger partial charge in [0.05, 0.1) is 42.2 Å². The van der Waals surface area contributed by atoms with Crippen LogP contribution < -0.4 is 14.5 Å². The van der Waals surface area contributed by atoms with E-state index in [1.54, 1.807) is 12.1 Å². The van der Waals surface area contributed by atoms with Crippen LogP contribution in [0.15, 0.2) is 59.4 Å². The lowest BCUT2D eigenvalue weighted by Crippen LogP contribution is -2.28. The van der Waals surface area contributed by atoms with E-state index in [0.29, 0.717) is 24.7 Å². The molecule has 5 heteroatoms. The van der Waals surface area contributed by atoms with Gasteiger partial charge in [0.2, 0.25) is 0 Å². The van der Waals surface area contributed by atoms with Crippen LogP contribution in [0.25, 0.3) is 0 Å². The van der Waals surface area contributed by atoms with Crippen LogP contribution in [0.5, 0.6) is 5.75 Å². The number of anilines is 2. The number of rotatable bonds is 3. The molecule has 0 atom stereocenters. The van der Waals surface area contributed by atoms with E-state index in [1.165, 1.54) is 6.07 Å². The molecule has 0 aromatic heterocycles. The van der Waals surface area contributed by atoms with Crippen LogP contribution in [0.2, 0.25) is 0 Å². The van der Waals surface area contributed by atoms with Gasteiger partial charge < -0.3 is 14.5 Å². The smallest absolute Gasteiger partial charge is 0.150 e. The molecule has 0 saturated carbocycles. The Balaban J connectivity index is 1.65. The van der Waals surface area contributed by atoms with Crippen molar-refractivity contribution in [3.8, 4) is 5.75 Å². The molecule has 0 spiro atoms. The van der Waals surface area contributed by atoms with E-state index in [9.17, 15) is 4.39 Å². The molecule has 23 heavy (non-hydrogen) atoms. The van der Waals surface area contributed by atoms with Crippen molar-refractivity contribution in [3.63, 3.8) is 0 Å². The first-order valence-corrected chi connectivity index (χ1v) is 7.57. The van der Waals surface area contributed by atoms with Crippen molar-refractivity contribution in [1.29, 1.82) is 0 Å². The fourth-order valence-corrected chi connectivity index (χ4v) is 2.88. The molecule has 0 unspecified atom stereocenters. The molecular formula is C18H16FN3O. The van der Waals surface area contributed by atoms with E-state index >= 15 is 0 Å². The minimum atomic E-state index is -0.294. The first-order chi connectivity index (χ1) is 11.3. The number of halogens is 1. The van der Waals surface area contributed by atoms with Gasteiger partial charge in [-0.25, -0.2) is 4.39 Å². The largest absolute Gasteiger partial charge is 0.494 e. The Morgan fingerprint density at radius 3 is 2.87 bits per heavy atom. The normalized spacial score (nSPS) is 15.3. The molecule has 2 aromatic rings. The van der Waals surface area contributed by atoms with Gasteiger partial charge in [-0.15, -0.1) is 0 Å². The molecule has 0 N–H and O–H groups in total. The topological polar surface area (TPSA) is 28.1 Å². The second-order valence-electron chi connectivity index (χ2n) is 5.39. The van der Waals surface area contributed by atoms with Crippen molar-refractivity contribution in [1.82, 2.24) is 0 Å². The maximum Gasteiger partial charge on any atom is 0.150 e. The van der Waals surface area contributed by atoms with Gasteiger partial charge in [-0.3, -0.25) is 4.99 Å². The monoisotopic (exact) mass is 309 g/mol. The Morgan fingerprint density at radius 1 is 1.17 bits per heavy atom. The summed E-state index contributed by atoms with van der Waals surface area (Å²) in [4.78, 5) is 8.46. The highest BCUT2D eigenvalue weighted by molar-refractivity contribution is 5.95. The second-order valence-corrected chi connectivity index (χ2v) is 5.39. The lowest BCUT2D eigenvalue weighted by Gasteiger charge is -2.26. The van der Waals surface area contributed by atoms with E-state index in [-0.39, 0.29) is 5.82 Å². The van der Waals surface area contributed by atoms with Crippen LogP contribution in [-0.2, 0) is 0 Å². The molecule has 2 aromatic carbocycles. The maximum absolute atomic E-state index is 14.4. The van der Waals surface area contributed by atoms with Gasteiger partial charge in [0, 0.05) is 12.3 Å². The van der Waals surface area contributed by atoms with Crippen molar-refractivity contribution in [2.75, 3.05) is 23.1 Å². The third kappa shape index (κ3) is 2.34. The van der Waals surface area contributed by atoms with Gasteiger partial charge >= 0.3 is 0 Å². The van der Waals surface area contributed by atoms with E-state index in [4.69, 9.17) is 4.74 Å². The van der Waals surface area contributed by atoms with Crippen LogP contribution in [0.3, 0.4) is 0 Å². The quantitative estimate of drug-likeness (QED) is 0.855. The summed E-state index contributed by atoms with van der Waals surface area (Å²) in [7, 11) is 0. The summed E-state index contributed by atoms with van der Waals surface area (Å²) in [5.41, 5.74) is 3.45. The molecule has 4 nitrogen and oxygen atoms in total. The lowest BCUT2D eigenvalue weighted by molar-refractivity contribution is 0.338. The number of aliphatic imine (C=N–C) groups is 1. The maximum atomic E-state index is 14.4. The summed E-state index contributed by atoms with van der Waals surface area (Å²) in [6.45, 7) is 2.96. The van der Waals surface area contributed by atoms with Crippen molar-refractivity contribution >= 4 is 23.3 Å². The van der Waals surface area contributed by atoms with E-state index in [0.717, 1.165) is 17.1 Å². The molecule has 0 saturated heterocycles. The van der Waals surface area contributed by atoms with Gasteiger partial charge in [-0.05, 0) is 31.2 Å². The number of ether oxygens (including phenoxy) is 1. The van der Waals surface area contributed by atoms with Crippen molar-refractivity contribution in [3.05, 3.63) is 60.2 Å². The number of allylic oxidation sites excluding steroid dienone is 1. The zero-order valence-corrected chi connectivity index (χ0v) is 12.7. The van der Waals surface area contributed by atoms with Gasteiger partial charge in [0.1, 0.15) is 5.75 Å². The summed E-state index contributed by atoms with van der Waals surface area (Å²) in [6, 6.07) is 12.9. The molecule has 4 rings (SSSR count). The Bertz CT molecular complexity index is 816. The second kappa shape index (κ2) is 5.43. The first kappa shape index (κ1) is 13.8.